The van der Waals surface area contributed by atoms with E-state index in [1.165, 1.54) is 12.1 Å². The Labute approximate surface area is 81.4 Å². The van der Waals surface area contributed by atoms with Gasteiger partial charge in [0, 0.05) is 5.70 Å². The van der Waals surface area contributed by atoms with Gasteiger partial charge in [0.05, 0.1) is 5.69 Å². The van der Waals surface area contributed by atoms with Gasteiger partial charge >= 0.3 is 0 Å². The third kappa shape index (κ3) is 1.56. The highest BCUT2D eigenvalue weighted by Gasteiger charge is 2.20. The molecule has 1 heterocycles. The summed E-state index contributed by atoms with van der Waals surface area (Å²) in [6.45, 7) is 1.85. The molecule has 14 heavy (non-hydrogen) atoms. The molecule has 0 bridgehead atoms. The fraction of sp³-hybridized carbons (Fsp3) is 0.200. The van der Waals surface area contributed by atoms with E-state index in [2.05, 4.69) is 5.43 Å². The first kappa shape index (κ1) is 9.02. The number of nitrogens with one attached hydrogen (secondary N) is 1. The Balaban J connectivity index is 2.21. The number of hydrogen-bond donors (Lipinski definition) is 2. The van der Waals surface area contributed by atoms with E-state index >= 15 is 0 Å². The number of allylic oxidation sites excluding steroid dienone is 1. The number of aliphatic hydroxyl groups is 1. The van der Waals surface area contributed by atoms with Gasteiger partial charge in [-0.3, -0.25) is 5.01 Å². The molecule has 4 heteroatoms. The predicted molar refractivity (Wildman–Crippen MR) is 51.8 cm³/mol. The zero-order valence-corrected chi connectivity index (χ0v) is 7.74. The quantitative estimate of drug-likeness (QED) is 0.708. The molecular weight excluding hydrogens is 183 g/mol. The molecule has 2 N–H and O–H groups in total. The average Bonchev–Trinajstić information content (AvgIpc) is 2.47. The Bertz CT molecular complexity index is 361. The van der Waals surface area contributed by atoms with Crippen molar-refractivity contribution in [1.29, 1.82) is 0 Å². The molecule has 0 radical (unpaired) electrons. The van der Waals surface area contributed by atoms with Crippen LogP contribution in [0.25, 0.3) is 0 Å². The van der Waals surface area contributed by atoms with Crippen molar-refractivity contribution in [1.82, 2.24) is 5.43 Å². The second kappa shape index (κ2) is 3.31. The van der Waals surface area contributed by atoms with Crippen LogP contribution in [0.3, 0.4) is 0 Å². The van der Waals surface area contributed by atoms with Crippen LogP contribution >= 0.6 is 0 Å². The lowest BCUT2D eigenvalue weighted by molar-refractivity contribution is 0.218. The summed E-state index contributed by atoms with van der Waals surface area (Å²) in [5.41, 5.74) is 4.57. The number of benzene rings is 1. The number of halogens is 1. The monoisotopic (exact) mass is 194 g/mol. The Kier molecular flexibility index (Phi) is 2.13. The smallest absolute Gasteiger partial charge is 0.166 e. The van der Waals surface area contributed by atoms with Crippen LogP contribution in [-0.4, -0.2) is 11.3 Å². The standard InChI is InChI=1S/C10H11FN2O/c1-7-6-10(14)13(12-7)9-4-2-8(11)3-5-9/h2-6,10,12,14H,1H3. The number of rotatable bonds is 1. The Morgan fingerprint density at radius 2 is 2.00 bits per heavy atom. The van der Waals surface area contributed by atoms with Gasteiger partial charge in [0.25, 0.3) is 0 Å². The van der Waals surface area contributed by atoms with Gasteiger partial charge in [-0.05, 0) is 37.3 Å². The van der Waals surface area contributed by atoms with Crippen molar-refractivity contribution in [2.45, 2.75) is 13.2 Å². The number of hydrazine groups is 1. The third-order valence-electron chi connectivity index (χ3n) is 2.07. The molecule has 0 amide bonds. The highest BCUT2D eigenvalue weighted by Crippen LogP contribution is 2.19. The first-order valence-electron chi connectivity index (χ1n) is 4.35. The van der Waals surface area contributed by atoms with Crippen molar-refractivity contribution >= 4 is 5.69 Å². The van der Waals surface area contributed by atoms with E-state index in [-0.39, 0.29) is 5.82 Å². The maximum Gasteiger partial charge on any atom is 0.166 e. The maximum absolute atomic E-state index is 12.6. The van der Waals surface area contributed by atoms with Gasteiger partial charge in [-0.25, -0.2) is 4.39 Å². The molecule has 74 valence electrons. The van der Waals surface area contributed by atoms with Gasteiger partial charge < -0.3 is 10.5 Å². The van der Waals surface area contributed by atoms with Gasteiger partial charge in [0.2, 0.25) is 0 Å². The van der Waals surface area contributed by atoms with Crippen LogP contribution in [0.1, 0.15) is 6.92 Å². The largest absolute Gasteiger partial charge is 0.368 e. The number of aliphatic hydroxyl groups excluding tert-OH is 1. The van der Waals surface area contributed by atoms with Crippen molar-refractivity contribution in [2.24, 2.45) is 0 Å². The van der Waals surface area contributed by atoms with Gasteiger partial charge in [0.1, 0.15) is 5.82 Å². The Hall–Kier alpha value is -1.55. The molecule has 0 fully saturated rings. The molecule has 0 aromatic heterocycles. The van der Waals surface area contributed by atoms with Crippen LogP contribution in [-0.2, 0) is 0 Å². The zero-order chi connectivity index (χ0) is 10.1. The van der Waals surface area contributed by atoms with E-state index in [1.807, 2.05) is 6.92 Å². The molecule has 1 unspecified atom stereocenters. The van der Waals surface area contributed by atoms with Gasteiger partial charge in [-0.1, -0.05) is 0 Å². The summed E-state index contributed by atoms with van der Waals surface area (Å²) < 4.78 is 12.6. The van der Waals surface area contributed by atoms with Crippen molar-refractivity contribution in [2.75, 3.05) is 5.01 Å². The molecule has 1 aromatic carbocycles. The third-order valence-corrected chi connectivity index (χ3v) is 2.07. The summed E-state index contributed by atoms with van der Waals surface area (Å²) in [7, 11) is 0. The highest BCUT2D eigenvalue weighted by atomic mass is 19.1. The maximum atomic E-state index is 12.6. The molecule has 0 aliphatic carbocycles. The Morgan fingerprint density at radius 3 is 2.50 bits per heavy atom. The fourth-order valence-electron chi connectivity index (χ4n) is 1.41. The first-order valence-corrected chi connectivity index (χ1v) is 4.35. The molecule has 0 spiro atoms. The van der Waals surface area contributed by atoms with E-state index in [4.69, 9.17) is 0 Å². The molecule has 1 aliphatic heterocycles. The summed E-state index contributed by atoms with van der Waals surface area (Å²) >= 11 is 0. The van der Waals surface area contributed by atoms with Crippen molar-refractivity contribution in [3.63, 3.8) is 0 Å². The van der Waals surface area contributed by atoms with E-state index in [1.54, 1.807) is 23.2 Å². The SMILES string of the molecule is CC1=CC(O)N(c2ccc(F)cc2)N1. The fourth-order valence-corrected chi connectivity index (χ4v) is 1.41. The topological polar surface area (TPSA) is 35.5 Å². The van der Waals surface area contributed by atoms with E-state index < -0.39 is 6.23 Å². The summed E-state index contributed by atoms with van der Waals surface area (Å²) in [5, 5.41) is 11.1. The van der Waals surface area contributed by atoms with E-state index in [0.717, 1.165) is 11.4 Å². The van der Waals surface area contributed by atoms with Crippen LogP contribution in [0.5, 0.6) is 0 Å². The van der Waals surface area contributed by atoms with E-state index in [0.29, 0.717) is 0 Å². The Morgan fingerprint density at radius 1 is 1.36 bits per heavy atom. The van der Waals surface area contributed by atoms with Gasteiger partial charge in [0.15, 0.2) is 6.23 Å². The van der Waals surface area contributed by atoms with Crippen LogP contribution in [0.2, 0.25) is 0 Å². The van der Waals surface area contributed by atoms with Gasteiger partial charge in [-0.15, -0.1) is 0 Å². The average molecular weight is 194 g/mol. The zero-order valence-electron chi connectivity index (χ0n) is 7.74. The van der Waals surface area contributed by atoms with Crippen molar-refractivity contribution in [3.05, 3.63) is 41.9 Å². The lowest BCUT2D eigenvalue weighted by Crippen LogP contribution is -2.38. The molecule has 0 saturated heterocycles. The van der Waals surface area contributed by atoms with Gasteiger partial charge in [-0.2, -0.15) is 0 Å². The predicted octanol–water partition coefficient (Wildman–Crippen LogP) is 1.37. The minimum atomic E-state index is -0.694. The van der Waals surface area contributed by atoms with Crippen molar-refractivity contribution in [3.8, 4) is 0 Å². The second-order valence-corrected chi connectivity index (χ2v) is 3.22. The van der Waals surface area contributed by atoms with Crippen molar-refractivity contribution < 1.29 is 9.50 Å². The molecule has 0 saturated carbocycles. The first-order chi connectivity index (χ1) is 6.66. The van der Waals surface area contributed by atoms with Crippen LogP contribution < -0.4 is 10.4 Å². The number of nitrogens with zero attached hydrogens (tertiary/aromatic N) is 1. The van der Waals surface area contributed by atoms with Crippen LogP contribution in [0.15, 0.2) is 36.0 Å². The summed E-state index contributed by atoms with van der Waals surface area (Å²) in [6, 6.07) is 5.94. The minimum absolute atomic E-state index is 0.285. The van der Waals surface area contributed by atoms with Crippen LogP contribution in [0.4, 0.5) is 10.1 Å². The summed E-state index contributed by atoms with van der Waals surface area (Å²) in [6.07, 6.45) is 0.990. The van der Waals surface area contributed by atoms with Crippen LogP contribution in [0, 0.1) is 5.82 Å². The summed E-state index contributed by atoms with van der Waals surface area (Å²) in [4.78, 5) is 0. The molecule has 1 aliphatic rings. The molecule has 1 atom stereocenters. The number of hydrogen-bond acceptors (Lipinski definition) is 3. The lowest BCUT2D eigenvalue weighted by Gasteiger charge is -2.23. The molecule has 2 rings (SSSR count). The normalized spacial score (nSPS) is 20.6. The molecular formula is C10H11FN2O. The highest BCUT2D eigenvalue weighted by molar-refractivity contribution is 5.48. The van der Waals surface area contributed by atoms with E-state index in [9.17, 15) is 9.50 Å². The number of anilines is 1. The second-order valence-electron chi connectivity index (χ2n) is 3.22. The minimum Gasteiger partial charge on any atom is -0.368 e. The molecule has 1 aromatic rings. The lowest BCUT2D eigenvalue weighted by atomic mass is 10.3. The molecule has 3 nitrogen and oxygen atoms in total. The summed E-state index contributed by atoms with van der Waals surface area (Å²) in [5.74, 6) is -0.285.